The number of nitrogens with zero attached hydrogens (tertiary/aromatic N) is 2. The Balaban J connectivity index is 2.31. The highest BCUT2D eigenvalue weighted by atomic mass is 19.1. The number of benzene rings is 1. The summed E-state index contributed by atoms with van der Waals surface area (Å²) in [4.78, 5) is 4.43. The fourth-order valence-electron chi connectivity index (χ4n) is 2.25. The first kappa shape index (κ1) is 15.4. The molecule has 0 saturated carbocycles. The third-order valence-corrected chi connectivity index (χ3v) is 3.67. The third kappa shape index (κ3) is 3.21. The molecule has 0 radical (unpaired) electrons. The molecule has 5 nitrogen and oxygen atoms in total. The second-order valence-corrected chi connectivity index (χ2v) is 4.90. The molecule has 0 aliphatic carbocycles. The summed E-state index contributed by atoms with van der Waals surface area (Å²) in [5, 5.41) is 7.18. The number of hydrogen-bond donors (Lipinski definition) is 1. The van der Waals surface area contributed by atoms with Crippen molar-refractivity contribution in [3.63, 3.8) is 0 Å². The molecule has 0 fully saturated rings. The van der Waals surface area contributed by atoms with Gasteiger partial charge >= 0.3 is 0 Å². The van der Waals surface area contributed by atoms with Gasteiger partial charge in [0.05, 0.1) is 13.0 Å². The average molecular weight is 293 g/mol. The molecule has 0 bridgehead atoms. The molecule has 21 heavy (non-hydrogen) atoms. The van der Waals surface area contributed by atoms with Crippen LogP contribution in [0.15, 0.2) is 22.7 Å². The van der Waals surface area contributed by atoms with Gasteiger partial charge in [-0.2, -0.15) is 4.98 Å². The molecule has 0 saturated heterocycles. The molecule has 2 aromatic rings. The molecule has 0 aliphatic rings. The number of methoxy groups -OCH3 is 1. The lowest BCUT2D eigenvalue weighted by Gasteiger charge is -2.17. The van der Waals surface area contributed by atoms with E-state index < -0.39 is 5.82 Å². The molecule has 2 unspecified atom stereocenters. The Labute approximate surface area is 123 Å². The Morgan fingerprint density at radius 1 is 1.43 bits per heavy atom. The van der Waals surface area contributed by atoms with Crippen molar-refractivity contribution in [2.45, 2.75) is 32.2 Å². The molecule has 0 amide bonds. The third-order valence-electron chi connectivity index (χ3n) is 3.67. The number of rotatable bonds is 6. The SMILES string of the molecule is CCC(c1nc(-c2ccc(F)c(OC)c2)no1)C(C)NC. The fourth-order valence-corrected chi connectivity index (χ4v) is 2.25. The van der Waals surface area contributed by atoms with Crippen LogP contribution in [0.3, 0.4) is 0 Å². The molecule has 0 aliphatic heterocycles. The van der Waals surface area contributed by atoms with Gasteiger partial charge in [-0.3, -0.25) is 0 Å². The average Bonchev–Trinajstić information content (AvgIpc) is 2.97. The number of hydrogen-bond acceptors (Lipinski definition) is 5. The zero-order chi connectivity index (χ0) is 15.4. The Morgan fingerprint density at radius 3 is 2.81 bits per heavy atom. The maximum absolute atomic E-state index is 13.4. The fraction of sp³-hybridized carbons (Fsp3) is 0.467. The van der Waals surface area contributed by atoms with E-state index in [2.05, 4.69) is 29.3 Å². The lowest BCUT2D eigenvalue weighted by atomic mass is 9.98. The van der Waals surface area contributed by atoms with Crippen LogP contribution < -0.4 is 10.1 Å². The first-order valence-corrected chi connectivity index (χ1v) is 6.95. The van der Waals surface area contributed by atoms with E-state index in [-0.39, 0.29) is 17.7 Å². The number of aromatic nitrogens is 2. The van der Waals surface area contributed by atoms with Crippen molar-refractivity contribution in [2.75, 3.05) is 14.2 Å². The Kier molecular flexibility index (Phi) is 4.90. The predicted molar refractivity (Wildman–Crippen MR) is 77.8 cm³/mol. The molecule has 1 aromatic carbocycles. The molecule has 1 heterocycles. The maximum atomic E-state index is 13.4. The van der Waals surface area contributed by atoms with Crippen LogP contribution in [-0.4, -0.2) is 30.3 Å². The summed E-state index contributed by atoms with van der Waals surface area (Å²) in [5.41, 5.74) is 0.662. The van der Waals surface area contributed by atoms with Gasteiger partial charge in [0.25, 0.3) is 0 Å². The van der Waals surface area contributed by atoms with Crippen LogP contribution in [0.1, 0.15) is 32.1 Å². The van der Waals surface area contributed by atoms with Gasteiger partial charge in [0.1, 0.15) is 0 Å². The molecular formula is C15H20FN3O2. The summed E-state index contributed by atoms with van der Waals surface area (Å²) in [6.07, 6.45) is 0.885. The lowest BCUT2D eigenvalue weighted by Crippen LogP contribution is -2.28. The van der Waals surface area contributed by atoms with Gasteiger partial charge in [-0.1, -0.05) is 12.1 Å². The summed E-state index contributed by atoms with van der Waals surface area (Å²) in [6, 6.07) is 4.73. The van der Waals surface area contributed by atoms with Crippen LogP contribution in [0, 0.1) is 5.82 Å². The molecule has 0 spiro atoms. The molecular weight excluding hydrogens is 273 g/mol. The molecule has 6 heteroatoms. The monoisotopic (exact) mass is 293 g/mol. The molecule has 2 rings (SSSR count). The largest absolute Gasteiger partial charge is 0.494 e. The second kappa shape index (κ2) is 6.67. The van der Waals surface area contributed by atoms with E-state index in [9.17, 15) is 4.39 Å². The lowest BCUT2D eigenvalue weighted by molar-refractivity contribution is 0.322. The van der Waals surface area contributed by atoms with Crippen LogP contribution in [0.5, 0.6) is 5.75 Å². The van der Waals surface area contributed by atoms with Crippen molar-refractivity contribution in [1.82, 2.24) is 15.5 Å². The summed E-state index contributed by atoms with van der Waals surface area (Å²) >= 11 is 0. The second-order valence-electron chi connectivity index (χ2n) is 4.90. The highest BCUT2D eigenvalue weighted by molar-refractivity contribution is 5.57. The van der Waals surface area contributed by atoms with Crippen LogP contribution in [0.2, 0.25) is 0 Å². The number of likely N-dealkylation sites (N-methyl/N-ethyl adjacent to an activating group) is 1. The zero-order valence-corrected chi connectivity index (χ0v) is 12.7. The number of ether oxygens (including phenoxy) is 1. The van der Waals surface area contributed by atoms with Crippen LogP contribution in [0.4, 0.5) is 4.39 Å². The van der Waals surface area contributed by atoms with Gasteiger partial charge in [-0.15, -0.1) is 0 Å². The Hall–Kier alpha value is -1.95. The van der Waals surface area contributed by atoms with E-state index in [4.69, 9.17) is 9.26 Å². The topological polar surface area (TPSA) is 60.2 Å². The van der Waals surface area contributed by atoms with Crippen molar-refractivity contribution in [1.29, 1.82) is 0 Å². The Morgan fingerprint density at radius 2 is 2.19 bits per heavy atom. The van der Waals surface area contributed by atoms with E-state index in [1.165, 1.54) is 13.2 Å². The first-order chi connectivity index (χ1) is 10.1. The quantitative estimate of drug-likeness (QED) is 0.887. The minimum Gasteiger partial charge on any atom is -0.494 e. The van der Waals surface area contributed by atoms with Gasteiger partial charge in [0.2, 0.25) is 11.7 Å². The van der Waals surface area contributed by atoms with Gasteiger partial charge in [-0.05, 0) is 38.6 Å². The number of halogens is 1. The molecule has 114 valence electrons. The summed E-state index contributed by atoms with van der Waals surface area (Å²) < 4.78 is 23.8. The summed E-state index contributed by atoms with van der Waals surface area (Å²) in [7, 11) is 3.32. The summed E-state index contributed by atoms with van der Waals surface area (Å²) in [6.45, 7) is 4.14. The van der Waals surface area contributed by atoms with Crippen LogP contribution in [0.25, 0.3) is 11.4 Å². The van der Waals surface area contributed by atoms with E-state index >= 15 is 0 Å². The van der Waals surface area contributed by atoms with Crippen molar-refractivity contribution in [2.24, 2.45) is 0 Å². The normalized spacial score (nSPS) is 14.0. The van der Waals surface area contributed by atoms with Crippen molar-refractivity contribution >= 4 is 0 Å². The van der Waals surface area contributed by atoms with Crippen molar-refractivity contribution in [3.05, 3.63) is 29.9 Å². The van der Waals surface area contributed by atoms with Crippen LogP contribution in [-0.2, 0) is 0 Å². The molecule has 1 N–H and O–H groups in total. The van der Waals surface area contributed by atoms with Crippen molar-refractivity contribution < 1.29 is 13.7 Å². The first-order valence-electron chi connectivity index (χ1n) is 6.95. The van der Waals surface area contributed by atoms with Gasteiger partial charge in [0, 0.05) is 11.6 Å². The van der Waals surface area contributed by atoms with Gasteiger partial charge < -0.3 is 14.6 Å². The smallest absolute Gasteiger partial charge is 0.231 e. The van der Waals surface area contributed by atoms with Gasteiger partial charge in [0.15, 0.2) is 11.6 Å². The minimum absolute atomic E-state index is 0.138. The maximum Gasteiger partial charge on any atom is 0.231 e. The molecule has 1 aromatic heterocycles. The number of nitrogens with one attached hydrogen (secondary N) is 1. The zero-order valence-electron chi connectivity index (χ0n) is 12.7. The standard InChI is InChI=1S/C15H20FN3O2/c1-5-11(9(2)17-3)15-18-14(19-21-15)10-6-7-12(16)13(8-10)20-4/h6-9,11,17H,5H2,1-4H3. The minimum atomic E-state index is -0.416. The van der Waals surface area contributed by atoms with Crippen molar-refractivity contribution in [3.8, 4) is 17.1 Å². The molecule has 2 atom stereocenters. The Bertz CT molecular complexity index is 600. The highest BCUT2D eigenvalue weighted by Crippen LogP contribution is 2.27. The van der Waals surface area contributed by atoms with E-state index in [0.717, 1.165) is 6.42 Å². The van der Waals surface area contributed by atoms with Gasteiger partial charge in [-0.25, -0.2) is 4.39 Å². The van der Waals surface area contributed by atoms with E-state index in [0.29, 0.717) is 17.3 Å². The highest BCUT2D eigenvalue weighted by Gasteiger charge is 2.23. The van der Waals surface area contributed by atoms with E-state index in [1.807, 2.05) is 7.05 Å². The van der Waals surface area contributed by atoms with Crippen LogP contribution >= 0.6 is 0 Å². The summed E-state index contributed by atoms with van der Waals surface area (Å²) in [5.74, 6) is 0.899. The predicted octanol–water partition coefficient (Wildman–Crippen LogP) is 2.99. The van der Waals surface area contributed by atoms with E-state index in [1.54, 1.807) is 12.1 Å².